The summed E-state index contributed by atoms with van der Waals surface area (Å²) in [7, 11) is -4.28. The second kappa shape index (κ2) is 13.5. The largest absolute Gasteiger partial charge is 0.480 e. The quantitative estimate of drug-likeness (QED) is 0.168. The Kier molecular flexibility index (Phi) is 9.05. The van der Waals surface area contributed by atoms with E-state index in [1.807, 2.05) is 13.0 Å². The van der Waals surface area contributed by atoms with Crippen LogP contribution in [-0.4, -0.2) is 51.4 Å². The number of anilines is 1. The van der Waals surface area contributed by atoms with Gasteiger partial charge >= 0.3 is 5.97 Å². The zero-order chi connectivity index (χ0) is 34.7. The van der Waals surface area contributed by atoms with E-state index in [2.05, 4.69) is 30.0 Å². The molecular weight excluding hydrogens is 654 g/mol. The van der Waals surface area contributed by atoms with Gasteiger partial charge in [-0.05, 0) is 72.1 Å². The molecule has 6 rings (SSSR count). The van der Waals surface area contributed by atoms with Gasteiger partial charge in [-0.15, -0.1) is 0 Å². The molecule has 6 aromatic rings. The number of carbonyl (C=O) groups is 2. The molecule has 0 aliphatic heterocycles. The van der Waals surface area contributed by atoms with E-state index in [0.717, 1.165) is 16.8 Å². The highest BCUT2D eigenvalue weighted by molar-refractivity contribution is 7.92. The van der Waals surface area contributed by atoms with Crippen molar-refractivity contribution in [3.8, 4) is 22.4 Å². The SMILES string of the molecule is Cc1cc(-c2ccc(S(=O)(=O)Nc3cc(F)c(C(=O)N[C@@H](Cc4ccc(-c5ccncn5)c5ncccc45)C(=O)O)c(F)c3)cc2)ccn1. The number of nitrogens with one attached hydrogen (secondary N) is 2. The van der Waals surface area contributed by atoms with Crippen LogP contribution in [-0.2, 0) is 21.2 Å². The second-order valence-corrected chi connectivity index (χ2v) is 12.6. The van der Waals surface area contributed by atoms with E-state index in [9.17, 15) is 23.1 Å². The lowest BCUT2D eigenvalue weighted by molar-refractivity contribution is -0.139. The van der Waals surface area contributed by atoms with Crippen LogP contribution in [0.15, 0.2) is 109 Å². The lowest BCUT2D eigenvalue weighted by atomic mass is 9.97. The van der Waals surface area contributed by atoms with Crippen LogP contribution in [0.25, 0.3) is 33.3 Å². The third-order valence-corrected chi connectivity index (χ3v) is 9.06. The first-order valence-corrected chi connectivity index (χ1v) is 16.2. The van der Waals surface area contributed by atoms with Gasteiger partial charge in [-0.3, -0.25) is 19.5 Å². The fourth-order valence-corrected chi connectivity index (χ4v) is 6.37. The minimum absolute atomic E-state index is 0.165. The number of halogens is 2. The van der Waals surface area contributed by atoms with Gasteiger partial charge in [-0.1, -0.05) is 30.3 Å². The van der Waals surface area contributed by atoms with Gasteiger partial charge in [0, 0.05) is 41.7 Å². The number of carbonyl (C=O) groups excluding carboxylic acids is 1. The highest BCUT2D eigenvalue weighted by atomic mass is 32.2. The second-order valence-electron chi connectivity index (χ2n) is 11.0. The topological polar surface area (TPSA) is 164 Å². The van der Waals surface area contributed by atoms with Crippen LogP contribution in [0.2, 0.25) is 0 Å². The monoisotopic (exact) mass is 680 g/mol. The molecule has 0 fully saturated rings. The summed E-state index contributed by atoms with van der Waals surface area (Å²) in [5.74, 6) is -5.57. The van der Waals surface area contributed by atoms with Gasteiger partial charge in [0.1, 0.15) is 29.6 Å². The molecule has 0 unspecified atom stereocenters. The van der Waals surface area contributed by atoms with Gasteiger partial charge in [0.05, 0.1) is 21.8 Å². The third-order valence-electron chi connectivity index (χ3n) is 7.66. The molecule has 0 aliphatic carbocycles. The molecular formula is C35H26F2N6O5S. The minimum atomic E-state index is -4.28. The molecule has 0 spiro atoms. The molecule has 1 atom stereocenters. The lowest BCUT2D eigenvalue weighted by Crippen LogP contribution is -2.43. The van der Waals surface area contributed by atoms with E-state index in [-0.39, 0.29) is 11.3 Å². The van der Waals surface area contributed by atoms with E-state index in [4.69, 9.17) is 0 Å². The average molecular weight is 681 g/mol. The number of sulfonamides is 1. The zero-order valence-electron chi connectivity index (χ0n) is 25.6. The number of benzene rings is 3. The molecule has 11 nitrogen and oxygen atoms in total. The number of aliphatic carboxylic acids is 1. The number of aromatic nitrogens is 4. The first-order chi connectivity index (χ1) is 23.5. The smallest absolute Gasteiger partial charge is 0.326 e. The van der Waals surface area contributed by atoms with Crippen molar-refractivity contribution in [3.05, 3.63) is 132 Å². The molecule has 14 heteroatoms. The Morgan fingerprint density at radius 3 is 2.29 bits per heavy atom. The summed E-state index contributed by atoms with van der Waals surface area (Å²) in [5.41, 5.74) is 3.11. The maximum Gasteiger partial charge on any atom is 0.326 e. The minimum Gasteiger partial charge on any atom is -0.480 e. The number of fused-ring (bicyclic) bond motifs is 1. The van der Waals surface area contributed by atoms with Gasteiger partial charge in [0.15, 0.2) is 0 Å². The molecule has 246 valence electrons. The molecule has 0 saturated carbocycles. The summed E-state index contributed by atoms with van der Waals surface area (Å²) in [6.45, 7) is 1.83. The van der Waals surface area contributed by atoms with Crippen molar-refractivity contribution in [2.75, 3.05) is 4.72 Å². The van der Waals surface area contributed by atoms with Gasteiger partial charge in [0.25, 0.3) is 15.9 Å². The van der Waals surface area contributed by atoms with Crippen LogP contribution in [0.5, 0.6) is 0 Å². The number of aryl methyl sites for hydroxylation is 1. The third kappa shape index (κ3) is 7.09. The van der Waals surface area contributed by atoms with E-state index in [1.54, 1.807) is 67.1 Å². The number of rotatable bonds is 10. The summed E-state index contributed by atoms with van der Waals surface area (Å²) >= 11 is 0. The molecule has 3 N–H and O–H groups in total. The number of hydrogen-bond acceptors (Lipinski definition) is 8. The van der Waals surface area contributed by atoms with E-state index in [0.29, 0.717) is 39.9 Å². The number of carboxylic acids is 1. The Morgan fingerprint density at radius 2 is 1.61 bits per heavy atom. The molecule has 0 bridgehead atoms. The lowest BCUT2D eigenvalue weighted by Gasteiger charge is -2.17. The number of pyridine rings is 2. The molecule has 3 aromatic heterocycles. The molecule has 0 saturated heterocycles. The van der Waals surface area contributed by atoms with E-state index >= 15 is 8.78 Å². The highest BCUT2D eigenvalue weighted by Crippen LogP contribution is 2.29. The molecule has 3 aromatic carbocycles. The fraction of sp³-hybridized carbons (Fsp3) is 0.0857. The molecule has 0 aliphatic rings. The van der Waals surface area contributed by atoms with Crippen molar-refractivity contribution >= 4 is 38.5 Å². The standard InChI is InChI=1S/C35H26F2N6O5S/c1-20-15-22(10-14-39-20)21-4-7-25(8-5-21)49(47,48)43-24-17-28(36)32(29(37)18-24)34(44)42-31(35(45)46)16-23-6-9-27(30-11-13-38-19-41-30)33-26(23)3-2-12-40-33/h2-15,17-19,31,43H,16H2,1H3,(H,42,44)(H,45,46)/t31-/m0/s1. The zero-order valence-corrected chi connectivity index (χ0v) is 26.4. The van der Waals surface area contributed by atoms with Crippen LogP contribution in [0.4, 0.5) is 14.5 Å². The average Bonchev–Trinajstić information content (AvgIpc) is 3.08. The summed E-state index contributed by atoms with van der Waals surface area (Å²) in [5, 5.41) is 12.7. The Hall–Kier alpha value is -6.15. The van der Waals surface area contributed by atoms with Crippen molar-refractivity contribution in [2.45, 2.75) is 24.3 Å². The van der Waals surface area contributed by atoms with Crippen molar-refractivity contribution in [3.63, 3.8) is 0 Å². The summed E-state index contributed by atoms with van der Waals surface area (Å²) < 4.78 is 58.5. The van der Waals surface area contributed by atoms with E-state index in [1.165, 1.54) is 18.5 Å². The van der Waals surface area contributed by atoms with Crippen LogP contribution < -0.4 is 10.0 Å². The summed E-state index contributed by atoms with van der Waals surface area (Å²) in [6.07, 6.45) is 5.92. The Bertz CT molecular complexity index is 2300. The van der Waals surface area contributed by atoms with Crippen molar-refractivity contribution in [1.29, 1.82) is 0 Å². The summed E-state index contributed by atoms with van der Waals surface area (Å²) in [4.78, 5) is 41.8. The predicted octanol–water partition coefficient (Wildman–Crippen LogP) is 5.57. The number of hydrogen-bond donors (Lipinski definition) is 3. The van der Waals surface area contributed by atoms with Gasteiger partial charge in [0.2, 0.25) is 0 Å². The maximum atomic E-state index is 15.2. The first kappa shape index (κ1) is 32.8. The highest BCUT2D eigenvalue weighted by Gasteiger charge is 2.27. The molecule has 1 amide bonds. The molecule has 3 heterocycles. The van der Waals surface area contributed by atoms with Crippen molar-refractivity contribution < 1.29 is 31.9 Å². The normalized spacial score (nSPS) is 12.0. The number of nitrogens with zero attached hydrogens (tertiary/aromatic N) is 4. The van der Waals surface area contributed by atoms with Crippen LogP contribution >= 0.6 is 0 Å². The molecule has 49 heavy (non-hydrogen) atoms. The van der Waals surface area contributed by atoms with Crippen LogP contribution in [0, 0.1) is 18.6 Å². The maximum absolute atomic E-state index is 15.2. The van der Waals surface area contributed by atoms with E-state index < -0.39 is 50.8 Å². The van der Waals surface area contributed by atoms with Gasteiger partial charge in [-0.2, -0.15) is 0 Å². The number of amides is 1. The molecule has 0 radical (unpaired) electrons. The summed E-state index contributed by atoms with van der Waals surface area (Å²) in [6, 6.07) is 17.7. The predicted molar refractivity (Wildman–Crippen MR) is 177 cm³/mol. The van der Waals surface area contributed by atoms with Crippen LogP contribution in [0.1, 0.15) is 21.6 Å². The van der Waals surface area contributed by atoms with Crippen molar-refractivity contribution in [2.24, 2.45) is 0 Å². The Balaban J connectivity index is 1.20. The van der Waals surface area contributed by atoms with Gasteiger partial charge in [-0.25, -0.2) is 32.0 Å². The fourth-order valence-electron chi connectivity index (χ4n) is 5.33. The van der Waals surface area contributed by atoms with Crippen LogP contribution in [0.3, 0.4) is 0 Å². The Labute approximate surface area is 278 Å². The van der Waals surface area contributed by atoms with Crippen molar-refractivity contribution in [1.82, 2.24) is 25.3 Å². The first-order valence-electron chi connectivity index (χ1n) is 14.7. The number of carboxylic acid groups (broad SMARTS) is 1. The van der Waals surface area contributed by atoms with Gasteiger partial charge < -0.3 is 10.4 Å². The Morgan fingerprint density at radius 1 is 0.857 bits per heavy atom.